The van der Waals surface area contributed by atoms with E-state index < -0.39 is 10.8 Å². The highest BCUT2D eigenvalue weighted by Crippen LogP contribution is 2.36. The number of non-ortho nitro benzene ring substituents is 1. The minimum Gasteiger partial charge on any atom is -0.495 e. The van der Waals surface area contributed by atoms with E-state index >= 15 is 0 Å². The van der Waals surface area contributed by atoms with Crippen molar-refractivity contribution in [2.24, 2.45) is 0 Å². The maximum atomic E-state index is 12.4. The zero-order valence-corrected chi connectivity index (χ0v) is 16.6. The van der Waals surface area contributed by atoms with Crippen LogP contribution in [0, 0.1) is 10.1 Å². The molecule has 0 atom stereocenters. The van der Waals surface area contributed by atoms with E-state index in [0.29, 0.717) is 33.6 Å². The van der Waals surface area contributed by atoms with Crippen LogP contribution in [-0.4, -0.2) is 49.9 Å². The first kappa shape index (κ1) is 22.1. The lowest BCUT2D eigenvalue weighted by Gasteiger charge is -2.15. The number of nitrogens with zero attached hydrogens (tertiary/aromatic N) is 1. The number of carbonyl (C=O) groups excluding carboxylic acids is 1. The zero-order valence-electron chi connectivity index (χ0n) is 15.8. The summed E-state index contributed by atoms with van der Waals surface area (Å²) in [5, 5.41) is 28.8. The number of aliphatic hydroxyl groups is 1. The lowest BCUT2D eigenvalue weighted by Crippen LogP contribution is -2.22. The van der Waals surface area contributed by atoms with Gasteiger partial charge in [-0.2, -0.15) is 0 Å². The molecule has 0 bridgehead atoms. The van der Waals surface area contributed by atoms with Gasteiger partial charge in [0.2, 0.25) is 5.91 Å². The van der Waals surface area contributed by atoms with Crippen molar-refractivity contribution in [3.05, 3.63) is 45.5 Å². The molecule has 0 saturated carbocycles. The van der Waals surface area contributed by atoms with Crippen molar-refractivity contribution in [1.29, 1.82) is 0 Å². The largest absolute Gasteiger partial charge is 0.495 e. The molecule has 1 amide bonds. The number of anilines is 3. The Labute approximate surface area is 171 Å². The zero-order chi connectivity index (χ0) is 21.4. The van der Waals surface area contributed by atoms with Crippen LogP contribution in [0.5, 0.6) is 11.5 Å². The van der Waals surface area contributed by atoms with Crippen molar-refractivity contribution >= 4 is 40.3 Å². The van der Waals surface area contributed by atoms with Gasteiger partial charge < -0.3 is 30.5 Å². The first-order chi connectivity index (χ1) is 13.9. The van der Waals surface area contributed by atoms with Crippen LogP contribution in [0.4, 0.5) is 22.7 Å². The van der Waals surface area contributed by atoms with Crippen molar-refractivity contribution < 1.29 is 24.3 Å². The number of nitro benzene ring substituents is 1. The van der Waals surface area contributed by atoms with E-state index in [9.17, 15) is 14.9 Å². The summed E-state index contributed by atoms with van der Waals surface area (Å²) >= 11 is 6.05. The highest BCUT2D eigenvalue weighted by Gasteiger charge is 2.15. The van der Waals surface area contributed by atoms with Crippen molar-refractivity contribution in [2.45, 2.75) is 0 Å². The van der Waals surface area contributed by atoms with E-state index in [-0.39, 0.29) is 25.4 Å². The Morgan fingerprint density at radius 2 is 1.83 bits per heavy atom. The monoisotopic (exact) mass is 424 g/mol. The van der Waals surface area contributed by atoms with Gasteiger partial charge in [0, 0.05) is 30.8 Å². The molecular formula is C18H21ClN4O6. The quantitative estimate of drug-likeness (QED) is 0.337. The predicted molar refractivity (Wildman–Crippen MR) is 110 cm³/mol. The number of halogens is 1. The normalized spacial score (nSPS) is 10.2. The number of aliphatic hydroxyl groups excluding tert-OH is 1. The Bertz CT molecular complexity index is 893. The van der Waals surface area contributed by atoms with Crippen LogP contribution in [0.1, 0.15) is 0 Å². The van der Waals surface area contributed by atoms with Crippen LogP contribution in [-0.2, 0) is 4.79 Å². The van der Waals surface area contributed by atoms with E-state index in [0.717, 1.165) is 0 Å². The first-order valence-corrected chi connectivity index (χ1v) is 8.85. The third-order valence-corrected chi connectivity index (χ3v) is 4.12. The van der Waals surface area contributed by atoms with E-state index in [1.165, 1.54) is 44.6 Å². The van der Waals surface area contributed by atoms with Gasteiger partial charge in [-0.25, -0.2) is 0 Å². The number of methoxy groups -OCH3 is 2. The maximum Gasteiger partial charge on any atom is 0.271 e. The average Bonchev–Trinajstić information content (AvgIpc) is 2.71. The molecule has 2 rings (SSSR count). The predicted octanol–water partition coefficient (Wildman–Crippen LogP) is 2.72. The van der Waals surface area contributed by atoms with Crippen molar-refractivity contribution in [3.63, 3.8) is 0 Å². The highest BCUT2D eigenvalue weighted by molar-refractivity contribution is 6.32. The topological polar surface area (TPSA) is 135 Å². The molecule has 0 aliphatic heterocycles. The number of hydrogen-bond donors (Lipinski definition) is 4. The van der Waals surface area contributed by atoms with Gasteiger partial charge in [-0.15, -0.1) is 0 Å². The van der Waals surface area contributed by atoms with Gasteiger partial charge in [0.15, 0.2) is 0 Å². The third kappa shape index (κ3) is 5.87. The number of carbonyl (C=O) groups is 1. The van der Waals surface area contributed by atoms with E-state index in [1.54, 1.807) is 0 Å². The van der Waals surface area contributed by atoms with Crippen LogP contribution < -0.4 is 25.4 Å². The molecule has 0 saturated heterocycles. The van der Waals surface area contributed by atoms with Crippen LogP contribution in [0.15, 0.2) is 30.3 Å². The Hall–Kier alpha value is -3.24. The number of benzene rings is 2. The fraction of sp³-hybridized carbons (Fsp3) is 0.278. The van der Waals surface area contributed by atoms with Crippen molar-refractivity contribution in [1.82, 2.24) is 0 Å². The molecule has 156 valence electrons. The van der Waals surface area contributed by atoms with Gasteiger partial charge in [-0.05, 0) is 6.07 Å². The summed E-state index contributed by atoms with van der Waals surface area (Å²) in [5.74, 6) is 0.294. The molecule has 4 N–H and O–H groups in total. The summed E-state index contributed by atoms with van der Waals surface area (Å²) in [6, 6.07) is 7.18. The van der Waals surface area contributed by atoms with Crippen molar-refractivity contribution in [3.8, 4) is 11.5 Å². The third-order valence-electron chi connectivity index (χ3n) is 3.83. The molecule has 0 heterocycles. The highest BCUT2D eigenvalue weighted by atomic mass is 35.5. The van der Waals surface area contributed by atoms with E-state index in [1.807, 2.05) is 0 Å². The molecule has 0 radical (unpaired) electrons. The van der Waals surface area contributed by atoms with E-state index in [4.69, 9.17) is 26.2 Å². The Kier molecular flexibility index (Phi) is 7.87. The van der Waals surface area contributed by atoms with Gasteiger partial charge in [0.25, 0.3) is 5.69 Å². The summed E-state index contributed by atoms with van der Waals surface area (Å²) < 4.78 is 10.3. The fourth-order valence-corrected chi connectivity index (χ4v) is 2.70. The fourth-order valence-electron chi connectivity index (χ4n) is 2.46. The molecule has 0 aromatic heterocycles. The molecule has 11 heteroatoms. The van der Waals surface area contributed by atoms with Crippen LogP contribution in [0.2, 0.25) is 5.02 Å². The van der Waals surface area contributed by atoms with Gasteiger partial charge in [-0.3, -0.25) is 14.9 Å². The number of amides is 1. The maximum absolute atomic E-state index is 12.4. The Morgan fingerprint density at radius 3 is 2.45 bits per heavy atom. The first-order valence-electron chi connectivity index (χ1n) is 8.48. The molecule has 0 unspecified atom stereocenters. The second kappa shape index (κ2) is 10.3. The standard InChI is InChI=1S/C18H21ClN4O6/c1-28-16-9-15(17(29-2)8-12(16)19)22-18(25)10-21-14-7-11(23(26)27)3-4-13(14)20-5-6-24/h3-4,7-9,20-21,24H,5-6,10H2,1-2H3,(H,22,25). The minimum absolute atomic E-state index is 0.116. The Morgan fingerprint density at radius 1 is 1.10 bits per heavy atom. The smallest absolute Gasteiger partial charge is 0.271 e. The second-order valence-electron chi connectivity index (χ2n) is 5.73. The second-order valence-corrected chi connectivity index (χ2v) is 6.13. The molecule has 2 aromatic carbocycles. The Balaban J connectivity index is 2.14. The summed E-state index contributed by atoms with van der Waals surface area (Å²) in [6.07, 6.45) is 0. The number of nitro groups is 1. The molecule has 29 heavy (non-hydrogen) atoms. The number of hydrogen-bond acceptors (Lipinski definition) is 8. The SMILES string of the molecule is COc1cc(NC(=O)CNc2cc([N+](=O)[O-])ccc2NCCO)c(OC)cc1Cl. The summed E-state index contributed by atoms with van der Waals surface area (Å²) in [4.78, 5) is 22.9. The summed E-state index contributed by atoms with van der Waals surface area (Å²) in [7, 11) is 2.89. The summed E-state index contributed by atoms with van der Waals surface area (Å²) in [5.41, 5.74) is 1.09. The molecule has 10 nitrogen and oxygen atoms in total. The van der Waals surface area contributed by atoms with Crippen LogP contribution in [0.25, 0.3) is 0 Å². The average molecular weight is 425 g/mol. The summed E-state index contributed by atoms with van der Waals surface area (Å²) in [6.45, 7) is -0.0430. The van der Waals surface area contributed by atoms with Crippen LogP contribution in [0.3, 0.4) is 0 Å². The molecular weight excluding hydrogens is 404 g/mol. The van der Waals surface area contributed by atoms with Gasteiger partial charge >= 0.3 is 0 Å². The van der Waals surface area contributed by atoms with Crippen molar-refractivity contribution in [2.75, 3.05) is 49.9 Å². The lowest BCUT2D eigenvalue weighted by molar-refractivity contribution is -0.384. The van der Waals surface area contributed by atoms with E-state index in [2.05, 4.69) is 16.0 Å². The van der Waals surface area contributed by atoms with Crippen LogP contribution >= 0.6 is 11.6 Å². The molecule has 0 spiro atoms. The molecule has 2 aromatic rings. The van der Waals surface area contributed by atoms with Gasteiger partial charge in [0.05, 0.1) is 54.4 Å². The number of nitrogens with one attached hydrogen (secondary N) is 3. The molecule has 0 aliphatic rings. The number of rotatable bonds is 10. The lowest BCUT2D eigenvalue weighted by atomic mass is 10.2. The molecule has 0 fully saturated rings. The molecule has 0 aliphatic carbocycles. The number of ether oxygens (including phenoxy) is 2. The van der Waals surface area contributed by atoms with Gasteiger partial charge in [0.1, 0.15) is 11.5 Å². The minimum atomic E-state index is -0.536. The van der Waals surface area contributed by atoms with Gasteiger partial charge in [-0.1, -0.05) is 11.6 Å².